The molecule has 0 aliphatic rings. The van der Waals surface area contributed by atoms with Crippen molar-refractivity contribution in [3.8, 4) is 11.8 Å². The van der Waals surface area contributed by atoms with Crippen LogP contribution in [0.4, 0.5) is 16.2 Å². The van der Waals surface area contributed by atoms with Gasteiger partial charge in [0.15, 0.2) is 0 Å². The number of amides is 2. The van der Waals surface area contributed by atoms with Crippen LogP contribution in [0.25, 0.3) is 0 Å². The molecule has 2 aromatic carbocycles. The molecule has 0 radical (unpaired) electrons. The summed E-state index contributed by atoms with van der Waals surface area (Å²) in [5, 5.41) is 5.97. The van der Waals surface area contributed by atoms with Crippen LogP contribution in [-0.2, 0) is 0 Å². The number of nitrogens with zero attached hydrogens (tertiary/aromatic N) is 2. The van der Waals surface area contributed by atoms with E-state index in [1.807, 2.05) is 43.3 Å². The summed E-state index contributed by atoms with van der Waals surface area (Å²) < 4.78 is 5.65. The van der Waals surface area contributed by atoms with Gasteiger partial charge in [-0.15, -0.1) is 0 Å². The van der Waals surface area contributed by atoms with Gasteiger partial charge in [-0.05, 0) is 50.6 Å². The standard InChI is InChI=1S/C20H19ClN4O2/c1-12-9-10-17(16(21)11-12)24-19(26)25-18-13(2)22-20(23-14(18)3)27-15-7-5-4-6-8-15/h4-11H,1-3H3,(H2,24,25,26). The average molecular weight is 383 g/mol. The largest absolute Gasteiger partial charge is 0.424 e. The Kier molecular flexibility index (Phi) is 5.57. The molecule has 0 fully saturated rings. The van der Waals surface area contributed by atoms with Crippen LogP contribution < -0.4 is 15.4 Å². The van der Waals surface area contributed by atoms with Crippen molar-refractivity contribution in [2.75, 3.05) is 10.6 Å². The molecule has 0 saturated heterocycles. The topological polar surface area (TPSA) is 76.1 Å². The molecule has 0 aliphatic heterocycles. The Hall–Kier alpha value is -3.12. The first kappa shape index (κ1) is 18.7. The number of anilines is 2. The van der Waals surface area contributed by atoms with Gasteiger partial charge in [-0.3, -0.25) is 0 Å². The van der Waals surface area contributed by atoms with Gasteiger partial charge >= 0.3 is 12.0 Å². The smallest absolute Gasteiger partial charge is 0.323 e. The van der Waals surface area contributed by atoms with E-state index >= 15 is 0 Å². The number of hydrogen-bond donors (Lipinski definition) is 2. The van der Waals surface area contributed by atoms with Crippen molar-refractivity contribution in [1.82, 2.24) is 9.97 Å². The van der Waals surface area contributed by atoms with E-state index in [1.54, 1.807) is 26.0 Å². The number of urea groups is 1. The van der Waals surface area contributed by atoms with Crippen LogP contribution >= 0.6 is 11.6 Å². The lowest BCUT2D eigenvalue weighted by molar-refractivity contribution is 0.262. The van der Waals surface area contributed by atoms with Crippen molar-refractivity contribution in [1.29, 1.82) is 0 Å². The van der Waals surface area contributed by atoms with Gasteiger partial charge < -0.3 is 15.4 Å². The number of aromatic nitrogens is 2. The minimum Gasteiger partial charge on any atom is -0.424 e. The third-order valence-corrected chi connectivity index (χ3v) is 4.13. The van der Waals surface area contributed by atoms with Gasteiger partial charge in [0.05, 0.1) is 27.8 Å². The third-order valence-electron chi connectivity index (χ3n) is 3.81. The molecular weight excluding hydrogens is 364 g/mol. The number of ether oxygens (including phenoxy) is 1. The number of benzene rings is 2. The van der Waals surface area contributed by atoms with Gasteiger partial charge in [-0.2, -0.15) is 9.97 Å². The summed E-state index contributed by atoms with van der Waals surface area (Å²) in [6, 6.07) is 14.5. The normalized spacial score (nSPS) is 10.4. The zero-order valence-corrected chi connectivity index (χ0v) is 16.0. The van der Waals surface area contributed by atoms with Crippen LogP contribution in [0.15, 0.2) is 48.5 Å². The summed E-state index contributed by atoms with van der Waals surface area (Å²) in [5.74, 6) is 0.642. The number of rotatable bonds is 4. The van der Waals surface area contributed by atoms with Crippen LogP contribution in [0.2, 0.25) is 5.02 Å². The lowest BCUT2D eigenvalue weighted by Gasteiger charge is -2.14. The van der Waals surface area contributed by atoms with Gasteiger partial charge in [-0.1, -0.05) is 35.9 Å². The van der Waals surface area contributed by atoms with Gasteiger partial charge in [0.2, 0.25) is 0 Å². The van der Waals surface area contributed by atoms with E-state index in [0.29, 0.717) is 33.5 Å². The van der Waals surface area contributed by atoms with E-state index in [1.165, 1.54) is 0 Å². The van der Waals surface area contributed by atoms with E-state index in [2.05, 4.69) is 20.6 Å². The zero-order valence-electron chi connectivity index (χ0n) is 15.2. The van der Waals surface area contributed by atoms with Crippen molar-refractivity contribution >= 4 is 29.0 Å². The first-order valence-corrected chi connectivity index (χ1v) is 8.72. The second-order valence-corrected chi connectivity index (χ2v) is 6.44. The van der Waals surface area contributed by atoms with Crippen LogP contribution in [0.3, 0.4) is 0 Å². The molecule has 138 valence electrons. The summed E-state index contributed by atoms with van der Waals surface area (Å²) in [5.41, 5.74) is 3.26. The van der Waals surface area contributed by atoms with Crippen molar-refractivity contribution in [2.24, 2.45) is 0 Å². The summed E-state index contributed by atoms with van der Waals surface area (Å²) in [6.45, 7) is 5.49. The molecule has 2 N–H and O–H groups in total. The maximum absolute atomic E-state index is 12.3. The van der Waals surface area contributed by atoms with Crippen LogP contribution in [-0.4, -0.2) is 16.0 Å². The first-order chi connectivity index (χ1) is 12.9. The van der Waals surface area contributed by atoms with Crippen molar-refractivity contribution in [3.05, 3.63) is 70.5 Å². The molecule has 7 heteroatoms. The first-order valence-electron chi connectivity index (χ1n) is 8.34. The quantitative estimate of drug-likeness (QED) is 0.625. The fraction of sp³-hybridized carbons (Fsp3) is 0.150. The predicted octanol–water partition coefficient (Wildman–Crippen LogP) is 5.49. The number of para-hydroxylation sites is 1. The second kappa shape index (κ2) is 8.05. The van der Waals surface area contributed by atoms with E-state index in [4.69, 9.17) is 16.3 Å². The number of halogens is 1. The highest BCUT2D eigenvalue weighted by atomic mass is 35.5. The lowest BCUT2D eigenvalue weighted by atomic mass is 10.2. The van der Waals surface area contributed by atoms with E-state index in [-0.39, 0.29) is 6.01 Å². The molecule has 0 bridgehead atoms. The Balaban J connectivity index is 1.73. The predicted molar refractivity (Wildman–Crippen MR) is 107 cm³/mol. The Labute approximate surface area is 162 Å². The lowest BCUT2D eigenvalue weighted by Crippen LogP contribution is -2.21. The molecule has 27 heavy (non-hydrogen) atoms. The Morgan fingerprint density at radius 3 is 2.26 bits per heavy atom. The Bertz CT molecular complexity index is 954. The third kappa shape index (κ3) is 4.74. The molecule has 3 aromatic rings. The van der Waals surface area contributed by atoms with E-state index in [0.717, 1.165) is 5.56 Å². The number of nitrogens with one attached hydrogen (secondary N) is 2. The van der Waals surface area contributed by atoms with Crippen molar-refractivity contribution in [3.63, 3.8) is 0 Å². The molecule has 0 aliphatic carbocycles. The molecule has 0 unspecified atom stereocenters. The molecule has 1 aromatic heterocycles. The minimum atomic E-state index is -0.424. The second-order valence-electron chi connectivity index (χ2n) is 6.03. The SMILES string of the molecule is Cc1ccc(NC(=O)Nc2c(C)nc(Oc3ccccc3)nc2C)c(Cl)c1. The Morgan fingerprint density at radius 1 is 0.963 bits per heavy atom. The summed E-state index contributed by atoms with van der Waals surface area (Å²) in [7, 11) is 0. The number of aryl methyl sites for hydroxylation is 3. The molecule has 6 nitrogen and oxygen atoms in total. The molecule has 0 atom stereocenters. The Morgan fingerprint density at radius 2 is 1.63 bits per heavy atom. The number of carbonyl (C=O) groups is 1. The zero-order chi connectivity index (χ0) is 19.4. The van der Waals surface area contributed by atoms with Gasteiger partial charge in [0.1, 0.15) is 5.75 Å². The minimum absolute atomic E-state index is 0.226. The fourth-order valence-electron chi connectivity index (χ4n) is 2.49. The number of hydrogen-bond acceptors (Lipinski definition) is 4. The average Bonchev–Trinajstić information content (AvgIpc) is 2.61. The van der Waals surface area contributed by atoms with E-state index < -0.39 is 6.03 Å². The van der Waals surface area contributed by atoms with Gasteiger partial charge in [0, 0.05) is 0 Å². The van der Waals surface area contributed by atoms with Crippen molar-refractivity contribution < 1.29 is 9.53 Å². The maximum atomic E-state index is 12.3. The van der Waals surface area contributed by atoms with Crippen LogP contribution in [0.5, 0.6) is 11.8 Å². The molecule has 3 rings (SSSR count). The van der Waals surface area contributed by atoms with Gasteiger partial charge in [0.25, 0.3) is 0 Å². The molecule has 0 saturated carbocycles. The highest BCUT2D eigenvalue weighted by molar-refractivity contribution is 6.33. The van der Waals surface area contributed by atoms with Crippen LogP contribution in [0.1, 0.15) is 17.0 Å². The van der Waals surface area contributed by atoms with Gasteiger partial charge in [-0.25, -0.2) is 4.79 Å². The molecule has 0 spiro atoms. The molecule has 2 amide bonds. The maximum Gasteiger partial charge on any atom is 0.323 e. The molecule has 1 heterocycles. The summed E-state index contributed by atoms with van der Waals surface area (Å²) >= 11 is 6.15. The highest BCUT2D eigenvalue weighted by Crippen LogP contribution is 2.25. The highest BCUT2D eigenvalue weighted by Gasteiger charge is 2.14. The monoisotopic (exact) mass is 382 g/mol. The molecular formula is C20H19ClN4O2. The summed E-state index contributed by atoms with van der Waals surface area (Å²) in [6.07, 6.45) is 0. The summed E-state index contributed by atoms with van der Waals surface area (Å²) in [4.78, 5) is 21.0. The van der Waals surface area contributed by atoms with Crippen LogP contribution in [0, 0.1) is 20.8 Å². The number of carbonyl (C=O) groups excluding carboxylic acids is 1. The van der Waals surface area contributed by atoms with E-state index in [9.17, 15) is 4.79 Å². The fourth-order valence-corrected chi connectivity index (χ4v) is 2.78. The van der Waals surface area contributed by atoms with Crippen molar-refractivity contribution in [2.45, 2.75) is 20.8 Å².